The Kier molecular flexibility index (Phi) is 10.2. The Morgan fingerprint density at radius 3 is 1.08 bits per heavy atom. The summed E-state index contributed by atoms with van der Waals surface area (Å²) in [5, 5.41) is 0. The Morgan fingerprint density at radius 1 is 0.625 bits per heavy atom. The van der Waals surface area contributed by atoms with E-state index in [2.05, 4.69) is 9.80 Å². The summed E-state index contributed by atoms with van der Waals surface area (Å²) in [6, 6.07) is 0. The summed E-state index contributed by atoms with van der Waals surface area (Å²) >= 11 is 0. The third-order valence-corrected chi connectivity index (χ3v) is 7.61. The molecule has 10 heteroatoms. The lowest BCUT2D eigenvalue weighted by molar-refractivity contribution is 0.131. The van der Waals surface area contributed by atoms with Gasteiger partial charge in [0.1, 0.15) is 12.6 Å². The van der Waals surface area contributed by atoms with Gasteiger partial charge in [-0.25, -0.2) is 0 Å². The van der Waals surface area contributed by atoms with E-state index < -0.39 is 15.2 Å². The zero-order chi connectivity index (χ0) is 18.1. The van der Waals surface area contributed by atoms with E-state index in [9.17, 15) is 9.13 Å². The first-order valence-electron chi connectivity index (χ1n) is 8.61. The molecule has 0 aliphatic carbocycles. The van der Waals surface area contributed by atoms with E-state index in [0.717, 1.165) is 0 Å². The van der Waals surface area contributed by atoms with Crippen molar-refractivity contribution < 1.29 is 27.2 Å². The second-order valence-corrected chi connectivity index (χ2v) is 9.45. The lowest BCUT2D eigenvalue weighted by atomic mass is 10.4. The minimum absolute atomic E-state index is 0.289. The van der Waals surface area contributed by atoms with Gasteiger partial charge >= 0.3 is 15.2 Å². The topological polar surface area (TPSA) is 77.5 Å². The lowest BCUT2D eigenvalue weighted by Gasteiger charge is -2.36. The molecule has 0 aromatic rings. The third kappa shape index (κ3) is 7.63. The summed E-state index contributed by atoms with van der Waals surface area (Å²) in [4.78, 5) is 4.13. The van der Waals surface area contributed by atoms with Crippen LogP contribution in [0.15, 0.2) is 0 Å². The van der Waals surface area contributed by atoms with E-state index in [0.29, 0.717) is 52.6 Å². The molecule has 0 N–H and O–H groups in total. The maximum atomic E-state index is 12.6. The largest absolute Gasteiger partial charge is 0.344 e. The molecule has 1 saturated heterocycles. The van der Waals surface area contributed by atoms with Crippen molar-refractivity contribution in [1.29, 1.82) is 0 Å². The molecule has 0 radical (unpaired) electrons. The van der Waals surface area contributed by atoms with Crippen LogP contribution in [0.4, 0.5) is 0 Å². The molecule has 1 aliphatic heterocycles. The van der Waals surface area contributed by atoms with Crippen LogP contribution in [0.5, 0.6) is 0 Å². The van der Waals surface area contributed by atoms with Gasteiger partial charge in [-0.15, -0.1) is 0 Å². The number of piperazine rings is 1. The molecule has 0 atom stereocenters. The molecule has 1 rings (SSSR count). The Hall–Kier alpha value is 0.220. The van der Waals surface area contributed by atoms with Gasteiger partial charge in [0.2, 0.25) is 0 Å². The van der Waals surface area contributed by atoms with E-state index in [4.69, 9.17) is 18.1 Å². The van der Waals surface area contributed by atoms with E-state index in [-0.39, 0.29) is 12.6 Å². The molecule has 0 amide bonds. The molecule has 24 heavy (non-hydrogen) atoms. The second kappa shape index (κ2) is 11.0. The molecular formula is C14H32N2O6P2. The lowest BCUT2D eigenvalue weighted by Crippen LogP contribution is -2.47. The van der Waals surface area contributed by atoms with Crippen molar-refractivity contribution in [2.75, 3.05) is 65.2 Å². The summed E-state index contributed by atoms with van der Waals surface area (Å²) in [7, 11) is -6.13. The number of hydrogen-bond donors (Lipinski definition) is 0. The van der Waals surface area contributed by atoms with Crippen molar-refractivity contribution >= 4 is 15.2 Å². The average Bonchev–Trinajstić information content (AvgIpc) is 2.50. The second-order valence-electron chi connectivity index (χ2n) is 5.41. The molecule has 0 aromatic carbocycles. The minimum atomic E-state index is -3.07. The molecule has 1 fully saturated rings. The molecule has 1 heterocycles. The summed E-state index contributed by atoms with van der Waals surface area (Å²) in [5.74, 6) is 0. The number of rotatable bonds is 12. The standard InChI is InChI=1S/C14H32N2O6P2/c1-5-19-23(17,20-6-2)13-15-9-11-16(12-10-15)14-24(18,21-7-3)22-8-4/h5-14H2,1-4H3. The van der Waals surface area contributed by atoms with Gasteiger partial charge < -0.3 is 18.1 Å². The molecule has 1 aliphatic rings. The summed E-state index contributed by atoms with van der Waals surface area (Å²) in [6.07, 6.45) is 0.578. The predicted octanol–water partition coefficient (Wildman–Crippen LogP) is 3.05. The molecule has 0 unspecified atom stereocenters. The maximum absolute atomic E-state index is 12.6. The molecular weight excluding hydrogens is 354 g/mol. The zero-order valence-corrected chi connectivity index (χ0v) is 17.1. The van der Waals surface area contributed by atoms with Gasteiger partial charge in [0, 0.05) is 26.2 Å². The van der Waals surface area contributed by atoms with Gasteiger partial charge in [-0.2, -0.15) is 0 Å². The first-order chi connectivity index (χ1) is 11.4. The van der Waals surface area contributed by atoms with Crippen LogP contribution in [-0.4, -0.2) is 75.0 Å². The van der Waals surface area contributed by atoms with Gasteiger partial charge in [-0.3, -0.25) is 18.9 Å². The maximum Gasteiger partial charge on any atom is 0.344 e. The van der Waals surface area contributed by atoms with Crippen molar-refractivity contribution in [3.63, 3.8) is 0 Å². The van der Waals surface area contributed by atoms with E-state index in [1.54, 1.807) is 0 Å². The first-order valence-corrected chi connectivity index (χ1v) is 12.1. The Morgan fingerprint density at radius 2 is 0.875 bits per heavy atom. The fourth-order valence-electron chi connectivity index (χ4n) is 2.59. The minimum Gasteiger partial charge on any atom is -0.308 e. The van der Waals surface area contributed by atoms with Crippen LogP contribution in [0.2, 0.25) is 0 Å². The summed E-state index contributed by atoms with van der Waals surface area (Å²) < 4.78 is 46.5. The van der Waals surface area contributed by atoms with E-state index >= 15 is 0 Å². The van der Waals surface area contributed by atoms with Crippen LogP contribution in [0.1, 0.15) is 27.7 Å². The van der Waals surface area contributed by atoms with E-state index in [1.807, 2.05) is 27.7 Å². The molecule has 0 saturated carbocycles. The summed E-state index contributed by atoms with van der Waals surface area (Å²) in [5.41, 5.74) is 0. The van der Waals surface area contributed by atoms with Crippen molar-refractivity contribution in [2.24, 2.45) is 0 Å². The highest BCUT2D eigenvalue weighted by Gasteiger charge is 2.32. The fourth-order valence-corrected chi connectivity index (χ4v) is 6.18. The van der Waals surface area contributed by atoms with Gasteiger partial charge in [-0.05, 0) is 27.7 Å². The average molecular weight is 386 g/mol. The highest BCUT2D eigenvalue weighted by atomic mass is 31.2. The van der Waals surface area contributed by atoms with Gasteiger partial charge in [0.25, 0.3) is 0 Å². The van der Waals surface area contributed by atoms with Crippen LogP contribution >= 0.6 is 15.2 Å². The van der Waals surface area contributed by atoms with Crippen molar-refractivity contribution in [2.45, 2.75) is 27.7 Å². The Balaban J connectivity index is 2.51. The van der Waals surface area contributed by atoms with Gasteiger partial charge in [0.05, 0.1) is 26.4 Å². The van der Waals surface area contributed by atoms with Gasteiger partial charge in [-0.1, -0.05) is 0 Å². The van der Waals surface area contributed by atoms with Crippen molar-refractivity contribution in [1.82, 2.24) is 9.80 Å². The normalized spacial score (nSPS) is 18.2. The van der Waals surface area contributed by atoms with Crippen LogP contribution in [0, 0.1) is 0 Å². The van der Waals surface area contributed by atoms with Crippen molar-refractivity contribution in [3.05, 3.63) is 0 Å². The van der Waals surface area contributed by atoms with Crippen LogP contribution < -0.4 is 0 Å². The SMILES string of the molecule is CCOP(=O)(CN1CCN(CP(=O)(OCC)OCC)CC1)OCC. The van der Waals surface area contributed by atoms with E-state index in [1.165, 1.54) is 0 Å². The highest BCUT2D eigenvalue weighted by molar-refractivity contribution is 7.54. The molecule has 0 bridgehead atoms. The van der Waals surface area contributed by atoms with Gasteiger partial charge in [0.15, 0.2) is 0 Å². The molecule has 144 valence electrons. The monoisotopic (exact) mass is 386 g/mol. The summed E-state index contributed by atoms with van der Waals surface area (Å²) in [6.45, 7) is 11.5. The number of hydrogen-bond acceptors (Lipinski definition) is 8. The predicted molar refractivity (Wildman–Crippen MR) is 94.6 cm³/mol. The van der Waals surface area contributed by atoms with Crippen LogP contribution in [0.3, 0.4) is 0 Å². The quantitative estimate of drug-likeness (QED) is 0.474. The third-order valence-electron chi connectivity index (χ3n) is 3.51. The van der Waals surface area contributed by atoms with Crippen LogP contribution in [-0.2, 0) is 27.2 Å². The molecule has 0 aromatic heterocycles. The first kappa shape index (κ1) is 22.3. The smallest absolute Gasteiger partial charge is 0.308 e. The Labute approximate surface area is 145 Å². The highest BCUT2D eigenvalue weighted by Crippen LogP contribution is 2.50. The van der Waals surface area contributed by atoms with Crippen LogP contribution in [0.25, 0.3) is 0 Å². The molecule has 0 spiro atoms. The zero-order valence-electron chi connectivity index (χ0n) is 15.3. The number of nitrogens with zero attached hydrogens (tertiary/aromatic N) is 2. The molecule has 8 nitrogen and oxygen atoms in total. The Bertz CT molecular complexity index is 383. The fraction of sp³-hybridized carbons (Fsp3) is 1.00. The van der Waals surface area contributed by atoms with Crippen molar-refractivity contribution in [3.8, 4) is 0 Å².